The van der Waals surface area contributed by atoms with E-state index in [1.807, 2.05) is 6.07 Å². The van der Waals surface area contributed by atoms with Crippen LogP contribution in [-0.4, -0.2) is 53.1 Å². The predicted molar refractivity (Wildman–Crippen MR) is 122 cm³/mol. The van der Waals surface area contributed by atoms with Gasteiger partial charge < -0.3 is 15.5 Å². The number of hydrogen-bond acceptors (Lipinski definition) is 5. The standard InChI is InChI=1S/C25H28N4O5/c30-15-26-17-8-10-18(11-9-17)27-22(31)7-2-1-4-16-5-3-6-19-20(16)14-29(25(19)34)21-12-13-23(32)28-24(21)33/h3,5-6,15,17-18,21H,2,7-14H2,(H,26,30)(H,27,31)(H,28,32,33). The molecule has 1 saturated carbocycles. The van der Waals surface area contributed by atoms with Crippen molar-refractivity contribution in [1.29, 1.82) is 0 Å². The van der Waals surface area contributed by atoms with E-state index >= 15 is 0 Å². The monoisotopic (exact) mass is 464 g/mol. The Balaban J connectivity index is 1.31. The number of nitrogens with zero attached hydrogens (tertiary/aromatic N) is 1. The van der Waals surface area contributed by atoms with Crippen molar-refractivity contribution >= 4 is 30.0 Å². The molecule has 5 amide bonds. The van der Waals surface area contributed by atoms with Gasteiger partial charge in [-0.3, -0.25) is 29.3 Å². The van der Waals surface area contributed by atoms with Gasteiger partial charge in [0.05, 0.1) is 0 Å². The minimum Gasteiger partial charge on any atom is -0.356 e. The lowest BCUT2D eigenvalue weighted by Crippen LogP contribution is -2.52. The van der Waals surface area contributed by atoms with Crippen molar-refractivity contribution in [2.45, 2.75) is 76.0 Å². The number of carbonyl (C=O) groups excluding carboxylic acids is 5. The van der Waals surface area contributed by atoms with Gasteiger partial charge in [0.15, 0.2) is 0 Å². The molecule has 3 N–H and O–H groups in total. The molecule has 0 aromatic heterocycles. The first-order valence-corrected chi connectivity index (χ1v) is 11.7. The lowest BCUT2D eigenvalue weighted by atomic mass is 9.91. The molecule has 3 aliphatic rings. The summed E-state index contributed by atoms with van der Waals surface area (Å²) in [6.07, 6.45) is 5.34. The largest absolute Gasteiger partial charge is 0.356 e. The molecule has 1 aliphatic carbocycles. The topological polar surface area (TPSA) is 125 Å². The lowest BCUT2D eigenvalue weighted by molar-refractivity contribution is -0.137. The number of carbonyl (C=O) groups is 5. The molecule has 9 heteroatoms. The summed E-state index contributed by atoms with van der Waals surface area (Å²) in [6, 6.07) is 4.98. The maximum Gasteiger partial charge on any atom is 0.255 e. The zero-order valence-electron chi connectivity index (χ0n) is 18.9. The number of piperidine rings is 1. The van der Waals surface area contributed by atoms with Crippen LogP contribution in [0, 0.1) is 11.8 Å². The number of benzene rings is 1. The SMILES string of the molecule is O=CNC1CCC(NC(=O)CCC#Cc2cccc3c2CN(C2CCC(=O)NC2=O)C3=O)CC1. The van der Waals surface area contributed by atoms with E-state index < -0.39 is 11.9 Å². The molecule has 0 spiro atoms. The molecular formula is C25H28N4O5. The van der Waals surface area contributed by atoms with Gasteiger partial charge >= 0.3 is 0 Å². The summed E-state index contributed by atoms with van der Waals surface area (Å²) in [5.74, 6) is 5.08. The first-order chi connectivity index (χ1) is 16.5. The normalized spacial score (nSPS) is 23.9. The highest BCUT2D eigenvalue weighted by Gasteiger charge is 2.39. The van der Waals surface area contributed by atoms with Gasteiger partial charge in [-0.1, -0.05) is 17.9 Å². The molecular weight excluding hydrogens is 436 g/mol. The minimum atomic E-state index is -0.661. The first kappa shape index (κ1) is 23.5. The quantitative estimate of drug-likeness (QED) is 0.326. The van der Waals surface area contributed by atoms with Crippen molar-refractivity contribution in [1.82, 2.24) is 20.9 Å². The van der Waals surface area contributed by atoms with Gasteiger partial charge in [-0.05, 0) is 49.8 Å². The summed E-state index contributed by atoms with van der Waals surface area (Å²) in [6.45, 7) is 0.271. The van der Waals surface area contributed by atoms with Gasteiger partial charge in [0, 0.05) is 49.0 Å². The van der Waals surface area contributed by atoms with E-state index in [0.29, 0.717) is 24.0 Å². The highest BCUT2D eigenvalue weighted by molar-refractivity contribution is 6.05. The maximum atomic E-state index is 12.9. The second kappa shape index (κ2) is 10.5. The van der Waals surface area contributed by atoms with Gasteiger partial charge in [-0.15, -0.1) is 0 Å². The number of fused-ring (bicyclic) bond motifs is 1. The van der Waals surface area contributed by atoms with Crippen LogP contribution in [0.1, 0.15) is 72.9 Å². The molecule has 178 valence electrons. The van der Waals surface area contributed by atoms with Crippen molar-refractivity contribution < 1.29 is 24.0 Å². The van der Waals surface area contributed by atoms with Gasteiger partial charge in [0.1, 0.15) is 6.04 Å². The molecule has 1 atom stereocenters. The molecule has 4 rings (SSSR count). The molecule has 2 fully saturated rings. The highest BCUT2D eigenvalue weighted by Crippen LogP contribution is 2.29. The van der Waals surface area contributed by atoms with Crippen LogP contribution in [0.5, 0.6) is 0 Å². The van der Waals surface area contributed by atoms with E-state index in [2.05, 4.69) is 27.8 Å². The summed E-state index contributed by atoms with van der Waals surface area (Å²) in [5.41, 5.74) is 2.01. The summed E-state index contributed by atoms with van der Waals surface area (Å²) < 4.78 is 0. The Bertz CT molecular complexity index is 1060. The van der Waals surface area contributed by atoms with Crippen LogP contribution in [0.2, 0.25) is 0 Å². The average molecular weight is 465 g/mol. The van der Waals surface area contributed by atoms with Gasteiger partial charge in [-0.25, -0.2) is 0 Å². The molecule has 1 aromatic rings. The predicted octanol–water partition coefficient (Wildman–Crippen LogP) is 0.753. The second-order valence-electron chi connectivity index (χ2n) is 8.93. The number of rotatable bonds is 6. The molecule has 2 heterocycles. The number of nitrogens with one attached hydrogen (secondary N) is 3. The Labute approximate surface area is 198 Å². The van der Waals surface area contributed by atoms with Crippen LogP contribution in [-0.2, 0) is 25.7 Å². The van der Waals surface area contributed by atoms with E-state index in [0.717, 1.165) is 37.7 Å². The average Bonchev–Trinajstić information content (AvgIpc) is 3.15. The summed E-state index contributed by atoms with van der Waals surface area (Å²) in [7, 11) is 0. The smallest absolute Gasteiger partial charge is 0.255 e. The Morgan fingerprint density at radius 1 is 1.12 bits per heavy atom. The van der Waals surface area contributed by atoms with Crippen molar-refractivity contribution in [2.24, 2.45) is 0 Å². The van der Waals surface area contributed by atoms with Crippen LogP contribution in [0.3, 0.4) is 0 Å². The van der Waals surface area contributed by atoms with E-state index in [9.17, 15) is 24.0 Å². The van der Waals surface area contributed by atoms with Crippen LogP contribution in [0.25, 0.3) is 0 Å². The molecule has 0 radical (unpaired) electrons. The zero-order valence-corrected chi connectivity index (χ0v) is 18.9. The van der Waals surface area contributed by atoms with Crippen molar-refractivity contribution in [3.8, 4) is 11.8 Å². The van der Waals surface area contributed by atoms with E-state index in [1.54, 1.807) is 12.1 Å². The van der Waals surface area contributed by atoms with Gasteiger partial charge in [-0.2, -0.15) is 0 Å². The molecule has 1 aromatic carbocycles. The third-order valence-electron chi connectivity index (χ3n) is 6.68. The van der Waals surface area contributed by atoms with E-state index in [-0.39, 0.29) is 49.2 Å². The number of hydrogen-bond donors (Lipinski definition) is 3. The van der Waals surface area contributed by atoms with E-state index in [1.165, 1.54) is 4.90 Å². The highest BCUT2D eigenvalue weighted by atomic mass is 16.2. The fourth-order valence-corrected chi connectivity index (χ4v) is 4.84. The maximum absolute atomic E-state index is 12.9. The summed E-state index contributed by atoms with van der Waals surface area (Å²) in [5, 5.41) is 8.14. The summed E-state index contributed by atoms with van der Waals surface area (Å²) >= 11 is 0. The molecule has 1 saturated heterocycles. The van der Waals surface area contributed by atoms with Crippen LogP contribution < -0.4 is 16.0 Å². The fourth-order valence-electron chi connectivity index (χ4n) is 4.84. The van der Waals surface area contributed by atoms with Gasteiger partial charge in [0.2, 0.25) is 24.1 Å². The second-order valence-corrected chi connectivity index (χ2v) is 8.93. The minimum absolute atomic E-state index is 0.0430. The number of imide groups is 1. The zero-order chi connectivity index (χ0) is 24.1. The van der Waals surface area contributed by atoms with Crippen LogP contribution >= 0.6 is 0 Å². The van der Waals surface area contributed by atoms with Crippen molar-refractivity contribution in [3.63, 3.8) is 0 Å². The Hall–Kier alpha value is -3.67. The lowest BCUT2D eigenvalue weighted by Gasteiger charge is -2.29. The Morgan fingerprint density at radius 2 is 1.88 bits per heavy atom. The first-order valence-electron chi connectivity index (χ1n) is 11.7. The molecule has 9 nitrogen and oxygen atoms in total. The van der Waals surface area contributed by atoms with E-state index in [4.69, 9.17) is 0 Å². The Kier molecular flexibility index (Phi) is 7.26. The van der Waals surface area contributed by atoms with Crippen molar-refractivity contribution in [2.75, 3.05) is 0 Å². The third kappa shape index (κ3) is 5.28. The molecule has 0 bridgehead atoms. The Morgan fingerprint density at radius 3 is 2.62 bits per heavy atom. The van der Waals surface area contributed by atoms with Crippen LogP contribution in [0.4, 0.5) is 0 Å². The molecule has 34 heavy (non-hydrogen) atoms. The van der Waals surface area contributed by atoms with Gasteiger partial charge in [0.25, 0.3) is 5.91 Å². The fraction of sp³-hybridized carbons (Fsp3) is 0.480. The molecule has 1 unspecified atom stereocenters. The van der Waals surface area contributed by atoms with Crippen LogP contribution in [0.15, 0.2) is 18.2 Å². The number of amides is 5. The molecule has 2 aliphatic heterocycles. The van der Waals surface area contributed by atoms with Crippen molar-refractivity contribution in [3.05, 3.63) is 34.9 Å². The summed E-state index contributed by atoms with van der Waals surface area (Å²) in [4.78, 5) is 60.8. The third-order valence-corrected chi connectivity index (χ3v) is 6.68.